The number of aromatic nitrogens is 1. The Morgan fingerprint density at radius 2 is 1.02 bits per heavy atom. The van der Waals surface area contributed by atoms with Crippen molar-refractivity contribution in [1.82, 2.24) is 47.1 Å². The molecule has 3 aromatic rings. The Labute approximate surface area is 700 Å². The summed E-state index contributed by atoms with van der Waals surface area (Å²) < 4.78 is 5.64. The number of aliphatic imine (C=N–C) groups is 1. The third kappa shape index (κ3) is 36.8. The summed E-state index contributed by atoms with van der Waals surface area (Å²) in [5, 5.41) is 66.8. The van der Waals surface area contributed by atoms with Gasteiger partial charge in [0.1, 0.15) is 24.5 Å². The molecule has 121 heavy (non-hydrogen) atoms. The molecule has 1 unspecified atom stereocenters. The maximum absolute atomic E-state index is 14.6. The molecule has 2 aromatic carbocycles. The van der Waals surface area contributed by atoms with E-state index in [2.05, 4.69) is 47.2 Å². The molecule has 0 radical (unpaired) electrons. The minimum Gasteiger partial charge on any atom is -0.481 e. The van der Waals surface area contributed by atoms with Crippen molar-refractivity contribution >= 4 is 129 Å². The molecule has 19 N–H and O–H groups in total. The lowest BCUT2D eigenvalue weighted by Gasteiger charge is -2.30. The number of rotatable bonds is 60. The Kier molecular flexibility index (Phi) is 43.4. The minimum absolute atomic E-state index is 0.0279. The third-order valence-corrected chi connectivity index (χ3v) is 20.7. The van der Waals surface area contributed by atoms with Gasteiger partial charge in [-0.25, -0.2) is 0 Å². The van der Waals surface area contributed by atoms with E-state index in [-0.39, 0.29) is 126 Å². The summed E-state index contributed by atoms with van der Waals surface area (Å²) in [6, 6.07) is 4.05. The molecular formula is C83H119N13O25. The topological polar surface area (TPSA) is 628 Å². The fourth-order valence-electron chi connectivity index (χ4n) is 14.1. The number of carbonyl (C=O) groups excluding carboxylic acids is 14. The zero-order chi connectivity index (χ0) is 90.3. The number of nitrogens with zero attached hydrogens (tertiary/aromatic N) is 2. The number of amides is 8. The molecule has 0 spiro atoms. The Hall–Kier alpha value is -11.7. The summed E-state index contributed by atoms with van der Waals surface area (Å²) in [7, 11) is 1.48. The number of H-pyrrole nitrogens is 1. The van der Waals surface area contributed by atoms with E-state index in [9.17, 15) is 112 Å². The van der Waals surface area contributed by atoms with Crippen LogP contribution in [0.25, 0.3) is 10.9 Å². The zero-order valence-electron chi connectivity index (χ0n) is 69.6. The van der Waals surface area contributed by atoms with Crippen molar-refractivity contribution in [1.29, 1.82) is 0 Å². The number of carbonyl (C=O) groups is 19. The number of Topliss-reactive ketones (excluding diaryl/α,β-unsaturated/α-hetero) is 6. The van der Waals surface area contributed by atoms with Gasteiger partial charge >= 0.3 is 29.8 Å². The number of ether oxygens (including phenoxy) is 1. The average Bonchev–Trinajstić information content (AvgIpc) is 1.73. The average molecular weight is 1700 g/mol. The predicted molar refractivity (Wildman–Crippen MR) is 437 cm³/mol. The first-order chi connectivity index (χ1) is 57.1. The Balaban J connectivity index is 1.49. The van der Waals surface area contributed by atoms with Crippen LogP contribution in [0.15, 0.2) is 59.7 Å². The van der Waals surface area contributed by atoms with Gasteiger partial charge in [0, 0.05) is 143 Å². The standard InChI is InChI=1S/C83H119N13O25/c1-45(2)34-62(66(99)36-47(5)76(114)94-63(35-46(3)4)69(102)42-54(77(115)87-7)38-55-43-90-58-13-9-8-12-56(55)58)95-81(119)64-15-11-32-96(64)82(120)61(14-10-30-89-83(85)86)91-70(103)44-121-33-31-88-78(116)53(37-49-16-18-50(19-17-49)48(6)97)41-68(101)60(24-29-75(112)113)93-80(118)52(21-26-72(106)107)40-67(100)59(23-28-74(110)111)92-79(117)51(20-25-71(104)105)39-65(98)57(84)22-27-73(108)109/h8-9,12-13,16-19,43,45-47,51-54,57,59-64,90H,10-11,14-15,20-42,44,84H2,1-7H3,(H,87,115)(H,88,116)(H,91,103)(H,92,117)(H,93,118)(H,94,114)(H,95,119)(H,104,105)(H,106,107)(H,108,109)(H,110,111)(H,112,113)(H4,85,86,89)/t47-,51+,52+,53?,54-,57-,59-,60-,61-,62+,63+,64+/m1/s1. The number of benzene rings is 2. The highest BCUT2D eigenvalue weighted by atomic mass is 16.5. The maximum atomic E-state index is 14.6. The highest BCUT2D eigenvalue weighted by molar-refractivity contribution is 6.00. The molecule has 1 aromatic heterocycles. The number of likely N-dealkylation sites (tertiary alicyclic amines) is 1. The molecule has 2 heterocycles. The van der Waals surface area contributed by atoms with Crippen LogP contribution in [0.1, 0.15) is 198 Å². The molecule has 38 heteroatoms. The highest BCUT2D eigenvalue weighted by Crippen LogP contribution is 2.27. The van der Waals surface area contributed by atoms with Gasteiger partial charge in [0.25, 0.3) is 0 Å². The molecule has 666 valence electrons. The number of nitrogens with one attached hydrogen (secondary N) is 8. The molecule has 8 amide bonds. The Bertz CT molecular complexity index is 4180. The molecule has 0 bridgehead atoms. The number of aromatic amines is 1. The van der Waals surface area contributed by atoms with E-state index in [0.717, 1.165) is 16.5 Å². The van der Waals surface area contributed by atoms with Crippen molar-refractivity contribution in [3.63, 3.8) is 0 Å². The van der Waals surface area contributed by atoms with Crippen molar-refractivity contribution in [2.45, 2.75) is 232 Å². The Morgan fingerprint density at radius 3 is 1.55 bits per heavy atom. The Morgan fingerprint density at radius 1 is 0.537 bits per heavy atom. The van der Waals surface area contributed by atoms with Crippen LogP contribution in [0.5, 0.6) is 0 Å². The summed E-state index contributed by atoms with van der Waals surface area (Å²) in [5.74, 6) is -24.0. The fraction of sp³-hybridized carbons (Fsp3) is 0.590. The summed E-state index contributed by atoms with van der Waals surface area (Å²) in [5.41, 5.74) is 19.4. The van der Waals surface area contributed by atoms with Gasteiger partial charge in [0.15, 0.2) is 34.9 Å². The molecular weight excluding hydrogens is 1580 g/mol. The third-order valence-electron chi connectivity index (χ3n) is 20.7. The number of para-hydroxylation sites is 1. The van der Waals surface area contributed by atoms with Gasteiger partial charge < -0.3 is 94.6 Å². The summed E-state index contributed by atoms with van der Waals surface area (Å²) in [4.78, 5) is 262. The van der Waals surface area contributed by atoms with E-state index in [0.29, 0.717) is 17.5 Å². The van der Waals surface area contributed by atoms with Gasteiger partial charge in [-0.05, 0) is 119 Å². The largest absolute Gasteiger partial charge is 0.481 e. The molecule has 38 nitrogen and oxygen atoms in total. The van der Waals surface area contributed by atoms with Crippen molar-refractivity contribution in [2.75, 3.05) is 39.9 Å². The van der Waals surface area contributed by atoms with E-state index in [1.807, 2.05) is 52.0 Å². The summed E-state index contributed by atoms with van der Waals surface area (Å²) in [6.45, 7) is 8.97. The number of hydrogen-bond donors (Lipinski definition) is 16. The predicted octanol–water partition coefficient (Wildman–Crippen LogP) is 2.14. The van der Waals surface area contributed by atoms with Crippen molar-refractivity contribution in [3.8, 4) is 0 Å². The van der Waals surface area contributed by atoms with E-state index < -0.39 is 250 Å². The van der Waals surface area contributed by atoms with Crippen LogP contribution in [0.3, 0.4) is 0 Å². The van der Waals surface area contributed by atoms with Crippen LogP contribution in [0.2, 0.25) is 0 Å². The second-order valence-corrected chi connectivity index (χ2v) is 31.6. The number of aliphatic carboxylic acids is 5. The van der Waals surface area contributed by atoms with Gasteiger partial charge in [-0.2, -0.15) is 0 Å². The number of ketones is 6. The SMILES string of the molecule is CNC(=O)[C@@H](CC(=O)[C@H](CC(C)C)NC(=O)[C@H](C)CC(=O)[C@H](CC(C)C)NC(=O)[C@@H]1CCCN1C(=O)[C@@H](CCCN=C(N)N)NC(=O)COCCNC(=O)C(CC(=O)[C@@H](CCC(=O)O)NC(=O)[C@@H](CCC(=O)O)CC(=O)[C@@H](CCC(=O)O)NC(=O)[C@@H](CCC(=O)O)CC(=O)[C@H](N)CCC(=O)O)Cc1ccc(C(C)=O)cc1)Cc1c[nH]c2ccccc12. The number of guanidine groups is 1. The number of hydrogen-bond acceptors (Lipinski definition) is 22. The van der Waals surface area contributed by atoms with Crippen molar-refractivity contribution < 1.29 is 121 Å². The second kappa shape index (κ2) is 51.7. The number of carboxylic acids is 5. The van der Waals surface area contributed by atoms with E-state index in [1.165, 1.54) is 50.1 Å². The quantitative estimate of drug-likeness (QED) is 0.0167. The lowest BCUT2D eigenvalue weighted by atomic mass is 9.88. The minimum atomic E-state index is -1.78. The first-order valence-corrected chi connectivity index (χ1v) is 40.6. The van der Waals surface area contributed by atoms with Crippen LogP contribution in [0, 0.1) is 41.4 Å². The molecule has 0 aliphatic carbocycles. The lowest BCUT2D eigenvalue weighted by Crippen LogP contribution is -2.56. The van der Waals surface area contributed by atoms with Crippen molar-refractivity contribution in [2.24, 2.45) is 63.6 Å². The first-order valence-electron chi connectivity index (χ1n) is 40.6. The molecule has 1 aliphatic rings. The van der Waals surface area contributed by atoms with E-state index in [1.54, 1.807) is 6.20 Å². The first kappa shape index (κ1) is 102. The fourth-order valence-corrected chi connectivity index (χ4v) is 14.1. The maximum Gasteiger partial charge on any atom is 0.303 e. The summed E-state index contributed by atoms with van der Waals surface area (Å²) >= 11 is 0. The number of carboxylic acid groups (broad SMARTS) is 5. The number of fused-ring (bicyclic) bond motifs is 1. The van der Waals surface area contributed by atoms with Gasteiger partial charge in [0.2, 0.25) is 47.3 Å². The molecule has 1 saturated heterocycles. The van der Waals surface area contributed by atoms with Gasteiger partial charge in [-0.15, -0.1) is 0 Å². The molecule has 12 atom stereocenters. The molecule has 1 aliphatic heterocycles. The van der Waals surface area contributed by atoms with E-state index >= 15 is 0 Å². The second-order valence-electron chi connectivity index (χ2n) is 31.6. The zero-order valence-corrected chi connectivity index (χ0v) is 69.6. The van der Waals surface area contributed by atoms with Crippen LogP contribution in [0.4, 0.5) is 0 Å². The van der Waals surface area contributed by atoms with Crippen LogP contribution >= 0.6 is 0 Å². The van der Waals surface area contributed by atoms with Gasteiger partial charge in [-0.3, -0.25) is 96.1 Å². The normalized spacial score (nSPS) is 15.3. The van der Waals surface area contributed by atoms with Crippen LogP contribution in [-0.2, 0) is 104 Å². The molecule has 4 rings (SSSR count). The van der Waals surface area contributed by atoms with Crippen LogP contribution < -0.4 is 54.4 Å². The summed E-state index contributed by atoms with van der Waals surface area (Å²) in [6.07, 6.45) is -6.43. The van der Waals surface area contributed by atoms with E-state index in [4.69, 9.17) is 27.0 Å². The molecule has 1 fully saturated rings. The monoisotopic (exact) mass is 1700 g/mol. The number of nitrogens with two attached hydrogens (primary N) is 3. The highest BCUT2D eigenvalue weighted by Gasteiger charge is 2.41. The smallest absolute Gasteiger partial charge is 0.303 e. The van der Waals surface area contributed by atoms with Gasteiger partial charge in [0.05, 0.1) is 36.8 Å². The lowest BCUT2D eigenvalue weighted by molar-refractivity contribution is -0.142. The van der Waals surface area contributed by atoms with Crippen molar-refractivity contribution in [3.05, 3.63) is 71.4 Å². The van der Waals surface area contributed by atoms with Gasteiger partial charge in [-0.1, -0.05) is 77.1 Å². The van der Waals surface area contributed by atoms with Crippen LogP contribution in [-0.4, -0.2) is 235 Å². The molecule has 0 saturated carbocycles.